The number of amides is 2. The van der Waals surface area contributed by atoms with Crippen molar-refractivity contribution in [3.8, 4) is 5.75 Å². The van der Waals surface area contributed by atoms with E-state index in [1.54, 1.807) is 29.2 Å². The lowest BCUT2D eigenvalue weighted by Gasteiger charge is -2.18. The van der Waals surface area contributed by atoms with E-state index >= 15 is 0 Å². The fourth-order valence-electron chi connectivity index (χ4n) is 2.70. The third kappa shape index (κ3) is 7.82. The Kier molecular flexibility index (Phi) is 9.34. The second kappa shape index (κ2) is 12.2. The molecule has 0 fully saturated rings. The average molecular weight is 446 g/mol. The van der Waals surface area contributed by atoms with Crippen LogP contribution in [0.2, 0.25) is 0 Å². The van der Waals surface area contributed by atoms with Gasteiger partial charge in [-0.15, -0.1) is 0 Å². The molecule has 0 aliphatic heterocycles. The van der Waals surface area contributed by atoms with Crippen LogP contribution in [0.3, 0.4) is 0 Å². The Morgan fingerprint density at radius 3 is 2.19 bits per heavy atom. The molecule has 0 spiro atoms. The number of anilines is 1. The third-order valence-corrected chi connectivity index (χ3v) is 4.33. The van der Waals surface area contributed by atoms with Crippen molar-refractivity contribution in [2.45, 2.75) is 20.5 Å². The van der Waals surface area contributed by atoms with Crippen LogP contribution in [0.25, 0.3) is 6.08 Å². The Hall–Kier alpha value is -3.75. The smallest absolute Gasteiger partial charge is 0.387 e. The first-order valence-electron chi connectivity index (χ1n) is 9.91. The van der Waals surface area contributed by atoms with E-state index in [-0.39, 0.29) is 11.7 Å². The summed E-state index contributed by atoms with van der Waals surface area (Å²) >= 11 is 0. The molecule has 170 valence electrons. The zero-order chi connectivity index (χ0) is 23.5. The molecular formula is C23H24F2N2O5. The van der Waals surface area contributed by atoms with Crippen LogP contribution in [0.4, 0.5) is 14.5 Å². The van der Waals surface area contributed by atoms with Gasteiger partial charge in [0.1, 0.15) is 5.75 Å². The first kappa shape index (κ1) is 24.5. The highest BCUT2D eigenvalue weighted by Crippen LogP contribution is 2.16. The number of hydrogen-bond donors (Lipinski definition) is 1. The maximum atomic E-state index is 12.3. The molecule has 0 bridgehead atoms. The van der Waals surface area contributed by atoms with Gasteiger partial charge in [-0.3, -0.25) is 9.59 Å². The standard InChI is InChI=1S/C23H24F2N2O5/c1-3-27(4-2)22(30)17-8-10-18(11-9-17)26-20(28)15-31-21(29)14-7-16-5-12-19(13-6-16)32-23(24)25/h5-14,23H,3-4,15H2,1-2H3,(H,26,28)/b14-7+. The highest BCUT2D eigenvalue weighted by Gasteiger charge is 2.12. The molecule has 0 aliphatic carbocycles. The zero-order valence-corrected chi connectivity index (χ0v) is 17.7. The van der Waals surface area contributed by atoms with Crippen molar-refractivity contribution in [1.82, 2.24) is 4.90 Å². The molecular weight excluding hydrogens is 422 g/mol. The average Bonchev–Trinajstić information content (AvgIpc) is 2.78. The maximum Gasteiger partial charge on any atom is 0.387 e. The van der Waals surface area contributed by atoms with E-state index in [1.165, 1.54) is 30.3 Å². The van der Waals surface area contributed by atoms with Gasteiger partial charge < -0.3 is 19.7 Å². The summed E-state index contributed by atoms with van der Waals surface area (Å²) in [4.78, 5) is 37.7. The Labute approximate surface area is 184 Å². The van der Waals surface area contributed by atoms with Crippen LogP contribution in [0, 0.1) is 0 Å². The fourth-order valence-corrected chi connectivity index (χ4v) is 2.70. The molecule has 0 saturated heterocycles. The van der Waals surface area contributed by atoms with Crippen molar-refractivity contribution < 1.29 is 32.6 Å². The molecule has 32 heavy (non-hydrogen) atoms. The van der Waals surface area contributed by atoms with Crippen molar-refractivity contribution in [2.24, 2.45) is 0 Å². The molecule has 2 aromatic carbocycles. The molecule has 0 radical (unpaired) electrons. The lowest BCUT2D eigenvalue weighted by molar-refractivity contribution is -0.142. The van der Waals surface area contributed by atoms with Crippen molar-refractivity contribution in [3.63, 3.8) is 0 Å². The highest BCUT2D eigenvalue weighted by molar-refractivity contribution is 5.97. The monoisotopic (exact) mass is 446 g/mol. The van der Waals surface area contributed by atoms with E-state index in [4.69, 9.17) is 4.74 Å². The number of carbonyl (C=O) groups excluding carboxylic acids is 3. The first-order chi connectivity index (χ1) is 15.3. The molecule has 2 rings (SSSR count). The Bertz CT molecular complexity index is 940. The second-order valence-corrected chi connectivity index (χ2v) is 6.49. The summed E-state index contributed by atoms with van der Waals surface area (Å²) in [6.45, 7) is 1.59. The molecule has 2 amide bonds. The van der Waals surface area contributed by atoms with Gasteiger partial charge in [0, 0.05) is 30.4 Å². The van der Waals surface area contributed by atoms with Crippen LogP contribution in [0.1, 0.15) is 29.8 Å². The second-order valence-electron chi connectivity index (χ2n) is 6.49. The first-order valence-corrected chi connectivity index (χ1v) is 9.91. The summed E-state index contributed by atoms with van der Waals surface area (Å²) in [6.07, 6.45) is 2.53. The van der Waals surface area contributed by atoms with Gasteiger partial charge in [-0.25, -0.2) is 4.79 Å². The van der Waals surface area contributed by atoms with Crippen LogP contribution in [0.5, 0.6) is 5.75 Å². The number of alkyl halides is 2. The summed E-state index contributed by atoms with van der Waals surface area (Å²) < 4.78 is 33.4. The van der Waals surface area contributed by atoms with Crippen LogP contribution < -0.4 is 10.1 Å². The van der Waals surface area contributed by atoms with E-state index in [2.05, 4.69) is 10.1 Å². The number of hydrogen-bond acceptors (Lipinski definition) is 5. The Morgan fingerprint density at radius 1 is 1.00 bits per heavy atom. The molecule has 0 heterocycles. The summed E-state index contributed by atoms with van der Waals surface area (Å²) in [5.74, 6) is -1.37. The number of rotatable bonds is 10. The number of carbonyl (C=O) groups is 3. The van der Waals surface area contributed by atoms with Crippen molar-refractivity contribution >= 4 is 29.5 Å². The molecule has 0 aromatic heterocycles. The predicted molar refractivity (Wildman–Crippen MR) is 115 cm³/mol. The van der Waals surface area contributed by atoms with Crippen LogP contribution in [-0.2, 0) is 14.3 Å². The van der Waals surface area contributed by atoms with Gasteiger partial charge in [-0.2, -0.15) is 8.78 Å². The zero-order valence-electron chi connectivity index (χ0n) is 17.7. The molecule has 0 saturated carbocycles. The van der Waals surface area contributed by atoms with E-state index < -0.39 is 25.1 Å². The van der Waals surface area contributed by atoms with Crippen molar-refractivity contribution in [1.29, 1.82) is 0 Å². The number of nitrogens with zero attached hydrogens (tertiary/aromatic N) is 1. The number of esters is 1. The Morgan fingerprint density at radius 2 is 1.62 bits per heavy atom. The molecule has 9 heteroatoms. The Balaban J connectivity index is 1.80. The maximum absolute atomic E-state index is 12.3. The van der Waals surface area contributed by atoms with Crippen LogP contribution >= 0.6 is 0 Å². The largest absolute Gasteiger partial charge is 0.452 e. The normalized spacial score (nSPS) is 10.8. The quantitative estimate of drug-likeness (QED) is 0.441. The summed E-state index contributed by atoms with van der Waals surface area (Å²) in [7, 11) is 0. The summed E-state index contributed by atoms with van der Waals surface area (Å²) in [5.41, 5.74) is 1.54. The van der Waals surface area contributed by atoms with Gasteiger partial charge in [-0.05, 0) is 61.9 Å². The number of benzene rings is 2. The molecule has 7 nitrogen and oxygen atoms in total. The topological polar surface area (TPSA) is 84.9 Å². The van der Waals surface area contributed by atoms with Gasteiger partial charge in [-0.1, -0.05) is 12.1 Å². The third-order valence-electron chi connectivity index (χ3n) is 4.33. The summed E-state index contributed by atoms with van der Waals surface area (Å²) in [6, 6.07) is 12.1. The minimum absolute atomic E-state index is 0.00171. The molecule has 2 aromatic rings. The fraction of sp³-hybridized carbons (Fsp3) is 0.261. The molecule has 0 atom stereocenters. The lowest BCUT2D eigenvalue weighted by Crippen LogP contribution is -2.30. The highest BCUT2D eigenvalue weighted by atomic mass is 19.3. The van der Waals surface area contributed by atoms with Crippen LogP contribution in [-0.4, -0.2) is 49.0 Å². The van der Waals surface area contributed by atoms with Gasteiger partial charge in [0.05, 0.1) is 0 Å². The van der Waals surface area contributed by atoms with Gasteiger partial charge in [0.2, 0.25) is 0 Å². The molecule has 0 aliphatic rings. The van der Waals surface area contributed by atoms with E-state index in [9.17, 15) is 23.2 Å². The number of nitrogens with one attached hydrogen (secondary N) is 1. The van der Waals surface area contributed by atoms with Crippen molar-refractivity contribution in [3.05, 3.63) is 65.7 Å². The molecule has 1 N–H and O–H groups in total. The van der Waals surface area contributed by atoms with E-state index in [1.807, 2.05) is 13.8 Å². The van der Waals surface area contributed by atoms with Gasteiger partial charge >= 0.3 is 12.6 Å². The van der Waals surface area contributed by atoms with E-state index in [0.29, 0.717) is 29.9 Å². The molecule has 0 unspecified atom stereocenters. The van der Waals surface area contributed by atoms with Crippen molar-refractivity contribution in [2.75, 3.05) is 25.0 Å². The van der Waals surface area contributed by atoms with E-state index in [0.717, 1.165) is 6.08 Å². The lowest BCUT2D eigenvalue weighted by atomic mass is 10.2. The summed E-state index contributed by atoms with van der Waals surface area (Å²) in [5, 5.41) is 2.58. The van der Waals surface area contributed by atoms with Crippen LogP contribution in [0.15, 0.2) is 54.6 Å². The predicted octanol–water partition coefficient (Wildman–Crippen LogP) is 3.97. The van der Waals surface area contributed by atoms with Gasteiger partial charge in [0.25, 0.3) is 11.8 Å². The minimum Gasteiger partial charge on any atom is -0.452 e. The SMILES string of the molecule is CCN(CC)C(=O)c1ccc(NC(=O)COC(=O)/C=C/c2ccc(OC(F)F)cc2)cc1. The number of ether oxygens (including phenoxy) is 2. The minimum atomic E-state index is -2.91. The van der Waals surface area contributed by atoms with Gasteiger partial charge in [0.15, 0.2) is 6.61 Å². The number of halogens is 2.